The molecule has 1 aromatic rings. The maximum Gasteiger partial charge on any atom is 0.435 e. The molecule has 0 spiro atoms. The molecule has 6 heteroatoms. The third kappa shape index (κ3) is 3.65. The Kier molecular flexibility index (Phi) is 4.62. The average molecular weight is 317 g/mol. The number of rotatable bonds is 2. The lowest BCUT2D eigenvalue weighted by molar-refractivity contribution is -0.141. The standard InChI is InChI=1S/C16H26F3N3/c1-11(2)21-8-6-12(7-9-21)22-14(15(3,4)5)10-13(20-22)16(17,18)19/h10-12H,6-9H2,1-5H3. The van der Waals surface area contributed by atoms with E-state index in [-0.39, 0.29) is 11.5 Å². The van der Waals surface area contributed by atoms with Gasteiger partial charge in [0, 0.05) is 30.2 Å². The van der Waals surface area contributed by atoms with Crippen molar-refractivity contribution in [3.05, 3.63) is 17.5 Å². The molecular formula is C16H26F3N3. The lowest BCUT2D eigenvalue weighted by Crippen LogP contribution is -2.40. The van der Waals surface area contributed by atoms with Gasteiger partial charge in [-0.25, -0.2) is 0 Å². The monoisotopic (exact) mass is 317 g/mol. The highest BCUT2D eigenvalue weighted by molar-refractivity contribution is 5.21. The molecule has 2 heterocycles. The van der Waals surface area contributed by atoms with E-state index < -0.39 is 11.9 Å². The molecule has 1 aliphatic heterocycles. The van der Waals surface area contributed by atoms with E-state index in [4.69, 9.17) is 0 Å². The van der Waals surface area contributed by atoms with Crippen LogP contribution in [0.2, 0.25) is 0 Å². The maximum atomic E-state index is 13.0. The van der Waals surface area contributed by atoms with Gasteiger partial charge in [-0.2, -0.15) is 18.3 Å². The lowest BCUT2D eigenvalue weighted by Gasteiger charge is -2.36. The molecule has 0 unspecified atom stereocenters. The minimum absolute atomic E-state index is 0.0559. The van der Waals surface area contributed by atoms with Crippen molar-refractivity contribution in [2.75, 3.05) is 13.1 Å². The summed E-state index contributed by atoms with van der Waals surface area (Å²) in [6.07, 6.45) is -2.69. The zero-order valence-corrected chi connectivity index (χ0v) is 14.0. The van der Waals surface area contributed by atoms with Crippen LogP contribution in [0.25, 0.3) is 0 Å². The van der Waals surface area contributed by atoms with E-state index in [1.807, 2.05) is 20.8 Å². The predicted octanol–water partition coefficient (Wildman–Crippen LogP) is 4.24. The quantitative estimate of drug-likeness (QED) is 0.813. The van der Waals surface area contributed by atoms with Crippen LogP contribution < -0.4 is 0 Å². The Morgan fingerprint density at radius 3 is 2.09 bits per heavy atom. The van der Waals surface area contributed by atoms with Crippen molar-refractivity contribution in [2.24, 2.45) is 0 Å². The van der Waals surface area contributed by atoms with Crippen molar-refractivity contribution in [3.63, 3.8) is 0 Å². The molecule has 1 fully saturated rings. The average Bonchev–Trinajstić information content (AvgIpc) is 2.83. The molecule has 0 amide bonds. The predicted molar refractivity (Wildman–Crippen MR) is 80.9 cm³/mol. The first kappa shape index (κ1) is 17.3. The van der Waals surface area contributed by atoms with Crippen LogP contribution in [0.15, 0.2) is 6.07 Å². The van der Waals surface area contributed by atoms with Gasteiger partial charge in [-0.3, -0.25) is 4.68 Å². The Labute approximate surface area is 130 Å². The summed E-state index contributed by atoms with van der Waals surface area (Å²) in [6.45, 7) is 11.9. The number of nitrogens with zero attached hydrogens (tertiary/aromatic N) is 3. The van der Waals surface area contributed by atoms with Gasteiger partial charge in [-0.1, -0.05) is 20.8 Å². The number of halogens is 3. The highest BCUT2D eigenvalue weighted by Crippen LogP contribution is 2.35. The smallest absolute Gasteiger partial charge is 0.301 e. The van der Waals surface area contributed by atoms with E-state index >= 15 is 0 Å². The second kappa shape index (κ2) is 5.87. The summed E-state index contributed by atoms with van der Waals surface area (Å²) in [5.74, 6) is 0. The molecular weight excluding hydrogens is 291 g/mol. The SMILES string of the molecule is CC(C)N1CCC(n2nc(C(F)(F)F)cc2C(C)(C)C)CC1. The van der Waals surface area contributed by atoms with E-state index in [1.165, 1.54) is 6.07 Å². The van der Waals surface area contributed by atoms with Crippen LogP contribution in [-0.2, 0) is 11.6 Å². The van der Waals surface area contributed by atoms with Crippen molar-refractivity contribution < 1.29 is 13.2 Å². The number of hydrogen-bond donors (Lipinski definition) is 0. The third-order valence-corrected chi connectivity index (χ3v) is 4.37. The van der Waals surface area contributed by atoms with Gasteiger partial charge in [0.15, 0.2) is 5.69 Å². The Hall–Kier alpha value is -1.04. The molecule has 0 radical (unpaired) electrons. The minimum atomic E-state index is -4.39. The maximum absolute atomic E-state index is 13.0. The summed E-state index contributed by atoms with van der Waals surface area (Å²) in [5.41, 5.74) is -0.461. The van der Waals surface area contributed by atoms with Crippen molar-refractivity contribution in [3.8, 4) is 0 Å². The molecule has 22 heavy (non-hydrogen) atoms. The number of likely N-dealkylation sites (tertiary alicyclic amines) is 1. The van der Waals surface area contributed by atoms with Gasteiger partial charge in [0.05, 0.1) is 6.04 Å². The molecule has 0 aromatic carbocycles. The van der Waals surface area contributed by atoms with Crippen molar-refractivity contribution in [1.82, 2.24) is 14.7 Å². The van der Waals surface area contributed by atoms with Crippen LogP contribution >= 0.6 is 0 Å². The summed E-state index contributed by atoms with van der Waals surface area (Å²) in [4.78, 5) is 2.36. The van der Waals surface area contributed by atoms with Crippen LogP contribution in [-0.4, -0.2) is 33.8 Å². The second-order valence-corrected chi connectivity index (χ2v) is 7.47. The summed E-state index contributed by atoms with van der Waals surface area (Å²) in [5, 5.41) is 3.91. The van der Waals surface area contributed by atoms with Crippen molar-refractivity contribution in [2.45, 2.75) is 71.1 Å². The Morgan fingerprint density at radius 1 is 1.14 bits per heavy atom. The fraction of sp³-hybridized carbons (Fsp3) is 0.812. The fourth-order valence-electron chi connectivity index (χ4n) is 3.02. The van der Waals surface area contributed by atoms with Gasteiger partial charge < -0.3 is 4.90 Å². The van der Waals surface area contributed by atoms with Crippen LogP contribution in [0.5, 0.6) is 0 Å². The van der Waals surface area contributed by atoms with Crippen LogP contribution in [0.3, 0.4) is 0 Å². The lowest BCUT2D eigenvalue weighted by atomic mass is 9.91. The van der Waals surface area contributed by atoms with Crippen molar-refractivity contribution >= 4 is 0 Å². The number of hydrogen-bond acceptors (Lipinski definition) is 2. The first-order chi connectivity index (χ1) is 10.00. The molecule has 2 rings (SSSR count). The Balaban J connectivity index is 2.29. The molecule has 0 atom stereocenters. The number of piperidine rings is 1. The minimum Gasteiger partial charge on any atom is -0.301 e. The third-order valence-electron chi connectivity index (χ3n) is 4.37. The van der Waals surface area contributed by atoms with E-state index in [0.29, 0.717) is 11.7 Å². The zero-order chi connectivity index (χ0) is 16.7. The van der Waals surface area contributed by atoms with Gasteiger partial charge in [0.25, 0.3) is 0 Å². The van der Waals surface area contributed by atoms with Crippen molar-refractivity contribution in [1.29, 1.82) is 0 Å². The molecule has 3 nitrogen and oxygen atoms in total. The van der Waals surface area contributed by atoms with E-state index in [2.05, 4.69) is 23.8 Å². The Bertz CT molecular complexity index is 504. The normalized spacial score (nSPS) is 19.1. The molecule has 0 aliphatic carbocycles. The molecule has 0 N–H and O–H groups in total. The highest BCUT2D eigenvalue weighted by atomic mass is 19.4. The molecule has 1 aromatic heterocycles. The fourth-order valence-corrected chi connectivity index (χ4v) is 3.02. The number of alkyl halides is 3. The van der Waals surface area contributed by atoms with Gasteiger partial charge in [-0.15, -0.1) is 0 Å². The Morgan fingerprint density at radius 2 is 1.68 bits per heavy atom. The van der Waals surface area contributed by atoms with Crippen LogP contribution in [0.1, 0.15) is 64.9 Å². The first-order valence-electron chi connectivity index (χ1n) is 7.91. The number of aromatic nitrogens is 2. The first-order valence-corrected chi connectivity index (χ1v) is 7.91. The molecule has 1 saturated heterocycles. The van der Waals surface area contributed by atoms with E-state index in [0.717, 1.165) is 25.9 Å². The van der Waals surface area contributed by atoms with E-state index in [1.54, 1.807) is 4.68 Å². The second-order valence-electron chi connectivity index (χ2n) is 7.47. The van der Waals surface area contributed by atoms with E-state index in [9.17, 15) is 13.2 Å². The largest absolute Gasteiger partial charge is 0.435 e. The van der Waals surface area contributed by atoms with Gasteiger partial charge in [-0.05, 0) is 32.8 Å². The summed E-state index contributed by atoms with van der Waals surface area (Å²) in [7, 11) is 0. The highest BCUT2D eigenvalue weighted by Gasteiger charge is 2.38. The van der Waals surface area contributed by atoms with Crippen LogP contribution in [0.4, 0.5) is 13.2 Å². The van der Waals surface area contributed by atoms with Crippen LogP contribution in [0, 0.1) is 0 Å². The molecule has 0 bridgehead atoms. The molecule has 126 valence electrons. The topological polar surface area (TPSA) is 21.1 Å². The van der Waals surface area contributed by atoms with Gasteiger partial charge >= 0.3 is 6.18 Å². The van der Waals surface area contributed by atoms with Gasteiger partial charge in [0.1, 0.15) is 0 Å². The summed E-state index contributed by atoms with van der Waals surface area (Å²) >= 11 is 0. The summed E-state index contributed by atoms with van der Waals surface area (Å²) in [6, 6.07) is 1.75. The molecule has 1 aliphatic rings. The zero-order valence-electron chi connectivity index (χ0n) is 14.0. The molecule has 0 saturated carbocycles. The van der Waals surface area contributed by atoms with Gasteiger partial charge in [0.2, 0.25) is 0 Å². The summed E-state index contributed by atoms with van der Waals surface area (Å²) < 4.78 is 40.7.